The van der Waals surface area contributed by atoms with Crippen LogP contribution in [0.1, 0.15) is 13.3 Å². The first-order valence-corrected chi connectivity index (χ1v) is 4.68. The molecule has 0 bridgehead atoms. The molecule has 3 nitrogen and oxygen atoms in total. The smallest absolute Gasteiger partial charge is 0.434 e. The summed E-state index contributed by atoms with van der Waals surface area (Å²) in [6.07, 6.45) is 2.68. The Morgan fingerprint density at radius 1 is 1.91 bits per heavy atom. The van der Waals surface area contributed by atoms with Crippen LogP contribution in [0.5, 0.6) is 0 Å². The Bertz CT molecular complexity index is 158. The van der Waals surface area contributed by atoms with Crippen molar-refractivity contribution in [2.24, 2.45) is 0 Å². The Labute approximate surface area is 87.9 Å². The normalized spacial score (nSPS) is 12.1. The summed E-state index contributed by atoms with van der Waals surface area (Å²) in [5, 5.41) is 0. The largest absolute Gasteiger partial charge is 0.517 e. The molecule has 0 aromatic rings. The molecule has 0 amide bonds. The molecule has 0 saturated carbocycles. The zero-order valence-electron chi connectivity index (χ0n) is 5.97. The predicted molar refractivity (Wildman–Crippen MR) is 53.8 cm³/mol. The van der Waals surface area contributed by atoms with Crippen molar-refractivity contribution in [2.75, 3.05) is 6.61 Å². The summed E-state index contributed by atoms with van der Waals surface area (Å²) in [7, 11) is 0. The molecule has 0 fully saturated rings. The maximum atomic E-state index is 9.96. The van der Waals surface area contributed by atoms with E-state index < -0.39 is 6.16 Å². The zero-order valence-corrected chi connectivity index (χ0v) is 9.72. The average molecular weight is 335 g/mol. The molecule has 5 heteroatoms. The second kappa shape index (κ2) is 6.90. The Kier molecular flexibility index (Phi) is 7.04. The zero-order chi connectivity index (χ0) is 8.69. The average Bonchev–Trinajstić information content (AvgIpc) is 2.74. The molecule has 0 N–H and O–H groups in total. The first-order valence-electron chi connectivity index (χ1n) is 3.00. The SMILES string of the molecule is BrC1=CC1.CCOC(=O)OI. The molecule has 0 radical (unpaired) electrons. The van der Waals surface area contributed by atoms with E-state index in [0.29, 0.717) is 6.61 Å². The van der Waals surface area contributed by atoms with Crippen LogP contribution in [0.2, 0.25) is 0 Å². The first kappa shape index (κ1) is 11.2. The Hall–Kier alpha value is 0.220. The number of carbonyl (C=O) groups is 1. The molecule has 0 atom stereocenters. The van der Waals surface area contributed by atoms with Crippen LogP contribution in [-0.2, 0) is 7.80 Å². The van der Waals surface area contributed by atoms with Crippen molar-refractivity contribution in [2.45, 2.75) is 13.3 Å². The van der Waals surface area contributed by atoms with Gasteiger partial charge in [-0.05, 0) is 17.8 Å². The summed E-state index contributed by atoms with van der Waals surface area (Å²) >= 11 is 4.71. The van der Waals surface area contributed by atoms with E-state index in [0.717, 1.165) is 0 Å². The number of hydrogen-bond donors (Lipinski definition) is 0. The highest BCUT2D eigenvalue weighted by Gasteiger charge is 1.97. The van der Waals surface area contributed by atoms with Gasteiger partial charge in [0, 0.05) is 0 Å². The van der Waals surface area contributed by atoms with Gasteiger partial charge in [0.25, 0.3) is 0 Å². The predicted octanol–water partition coefficient (Wildman–Crippen LogP) is 3.18. The number of hydrogen-bond acceptors (Lipinski definition) is 3. The van der Waals surface area contributed by atoms with E-state index in [1.807, 2.05) is 0 Å². The molecule has 0 aromatic heterocycles. The lowest BCUT2D eigenvalue weighted by atomic mass is 10.9. The van der Waals surface area contributed by atoms with Gasteiger partial charge in [-0.2, -0.15) is 0 Å². The minimum absolute atomic E-state index is 0.363. The van der Waals surface area contributed by atoms with Gasteiger partial charge in [-0.25, -0.2) is 4.79 Å². The summed E-state index contributed by atoms with van der Waals surface area (Å²) in [4.78, 5) is 9.96. The van der Waals surface area contributed by atoms with Crippen molar-refractivity contribution >= 4 is 45.1 Å². The van der Waals surface area contributed by atoms with Crippen molar-refractivity contribution in [3.8, 4) is 0 Å². The topological polar surface area (TPSA) is 35.5 Å². The van der Waals surface area contributed by atoms with Gasteiger partial charge in [0.15, 0.2) is 23.0 Å². The molecule has 0 spiro atoms. The van der Waals surface area contributed by atoms with Crippen LogP contribution in [-0.4, -0.2) is 12.8 Å². The summed E-state index contributed by atoms with van der Waals surface area (Å²) in [5.41, 5.74) is 0. The fourth-order valence-electron chi connectivity index (χ4n) is 0.179. The van der Waals surface area contributed by atoms with Gasteiger partial charge in [-0.15, -0.1) is 0 Å². The van der Waals surface area contributed by atoms with E-state index in [4.69, 9.17) is 0 Å². The number of carbonyl (C=O) groups excluding carboxylic acids is 1. The van der Waals surface area contributed by atoms with E-state index in [-0.39, 0.29) is 0 Å². The van der Waals surface area contributed by atoms with E-state index in [2.05, 4.69) is 29.8 Å². The van der Waals surface area contributed by atoms with Crippen molar-refractivity contribution in [1.82, 2.24) is 0 Å². The highest BCUT2D eigenvalue weighted by Crippen LogP contribution is 2.23. The fraction of sp³-hybridized carbons (Fsp3) is 0.500. The van der Waals surface area contributed by atoms with Crippen LogP contribution in [0.4, 0.5) is 4.79 Å². The molecular formula is C6H8BrIO3. The Morgan fingerprint density at radius 2 is 2.36 bits per heavy atom. The van der Waals surface area contributed by atoms with Crippen LogP contribution in [0.3, 0.4) is 0 Å². The third-order valence-corrected chi connectivity index (χ3v) is 1.69. The van der Waals surface area contributed by atoms with Crippen molar-refractivity contribution in [1.29, 1.82) is 0 Å². The van der Waals surface area contributed by atoms with Gasteiger partial charge >= 0.3 is 6.16 Å². The van der Waals surface area contributed by atoms with E-state index in [1.54, 1.807) is 6.92 Å². The van der Waals surface area contributed by atoms with Crippen LogP contribution < -0.4 is 0 Å². The Balaban J connectivity index is 0.000000207. The Morgan fingerprint density at radius 3 is 2.45 bits per heavy atom. The summed E-state index contributed by atoms with van der Waals surface area (Å²) < 4.78 is 9.78. The van der Waals surface area contributed by atoms with Crippen LogP contribution in [0, 0.1) is 0 Å². The lowest BCUT2D eigenvalue weighted by Crippen LogP contribution is -1.98. The lowest BCUT2D eigenvalue weighted by Gasteiger charge is -1.92. The second-order valence-electron chi connectivity index (χ2n) is 1.62. The number of allylic oxidation sites excluding steroid dienone is 2. The maximum absolute atomic E-state index is 9.96. The standard InChI is InChI=1S/C3H3Br.C3H5IO3/c4-3-1-2-3;1-2-6-3(5)7-4/h1H,2H2;2H2,1H3. The third-order valence-electron chi connectivity index (χ3n) is 0.684. The van der Waals surface area contributed by atoms with E-state index in [9.17, 15) is 4.79 Å². The highest BCUT2D eigenvalue weighted by atomic mass is 127. The summed E-state index contributed by atoms with van der Waals surface area (Å²) in [6, 6.07) is 0. The van der Waals surface area contributed by atoms with Gasteiger partial charge in [0.2, 0.25) is 0 Å². The van der Waals surface area contributed by atoms with Crippen molar-refractivity contribution < 1.29 is 12.6 Å². The molecule has 1 aliphatic carbocycles. The van der Waals surface area contributed by atoms with E-state index in [1.165, 1.54) is 33.9 Å². The lowest BCUT2D eigenvalue weighted by molar-refractivity contribution is 0.118. The molecule has 0 unspecified atom stereocenters. The van der Waals surface area contributed by atoms with Crippen LogP contribution >= 0.6 is 38.9 Å². The molecule has 64 valence electrons. The molecule has 0 saturated heterocycles. The summed E-state index contributed by atoms with van der Waals surface area (Å²) in [6.45, 7) is 2.08. The van der Waals surface area contributed by atoms with Gasteiger partial charge in [-0.3, -0.25) is 0 Å². The molecule has 0 aliphatic heterocycles. The number of rotatable bonds is 1. The second-order valence-corrected chi connectivity index (χ2v) is 3.07. The molecule has 1 rings (SSSR count). The minimum atomic E-state index is -0.636. The first-order chi connectivity index (χ1) is 5.20. The van der Waals surface area contributed by atoms with E-state index >= 15 is 0 Å². The van der Waals surface area contributed by atoms with Gasteiger partial charge in [-0.1, -0.05) is 22.0 Å². The molecule has 0 aromatic carbocycles. The number of halogens is 2. The fourth-order valence-corrected chi connectivity index (χ4v) is 0.468. The maximum Gasteiger partial charge on any atom is 0.517 e. The van der Waals surface area contributed by atoms with Crippen LogP contribution in [0.15, 0.2) is 10.6 Å². The van der Waals surface area contributed by atoms with Crippen LogP contribution in [0.25, 0.3) is 0 Å². The molecule has 1 aliphatic rings. The third kappa shape index (κ3) is 10.2. The minimum Gasteiger partial charge on any atom is -0.434 e. The molecular weight excluding hydrogens is 327 g/mol. The molecule has 0 heterocycles. The highest BCUT2D eigenvalue weighted by molar-refractivity contribution is 14.1. The van der Waals surface area contributed by atoms with Crippen molar-refractivity contribution in [3.05, 3.63) is 10.6 Å². The van der Waals surface area contributed by atoms with Gasteiger partial charge in [0.1, 0.15) is 0 Å². The van der Waals surface area contributed by atoms with Gasteiger partial charge in [0.05, 0.1) is 6.61 Å². The monoisotopic (exact) mass is 334 g/mol. The van der Waals surface area contributed by atoms with Crippen molar-refractivity contribution in [3.63, 3.8) is 0 Å². The van der Waals surface area contributed by atoms with Gasteiger partial charge < -0.3 is 7.80 Å². The number of ether oxygens (including phenoxy) is 1. The summed E-state index contributed by atoms with van der Waals surface area (Å²) in [5.74, 6) is 0. The quantitative estimate of drug-likeness (QED) is 0.545. The molecule has 11 heavy (non-hydrogen) atoms.